The molecular weight excluding hydrogens is 294 g/mol. The molecule has 2 saturated heterocycles. The summed E-state index contributed by atoms with van der Waals surface area (Å²) in [5, 5.41) is 6.23. The van der Waals surface area contributed by atoms with Gasteiger partial charge in [-0.05, 0) is 51.1 Å². The number of fused-ring (bicyclic) bond motifs is 1. The molecule has 0 radical (unpaired) electrons. The number of hydrogen-bond donors (Lipinski definition) is 2. The first-order valence-corrected chi connectivity index (χ1v) is 8.99. The lowest BCUT2D eigenvalue weighted by atomic mass is 9.81. The summed E-state index contributed by atoms with van der Waals surface area (Å²) in [6.45, 7) is 2.62. The molecule has 0 spiro atoms. The smallest absolute Gasteiger partial charge is 0.240 e. The molecular formula is C17H27N3O3. The predicted octanol–water partition coefficient (Wildman–Crippen LogP) is 0.668. The Labute approximate surface area is 137 Å². The van der Waals surface area contributed by atoms with Crippen molar-refractivity contribution in [1.29, 1.82) is 0 Å². The molecule has 3 atom stereocenters. The maximum absolute atomic E-state index is 12.3. The number of hydrogen-bond acceptors (Lipinski definition) is 4. The third kappa shape index (κ3) is 3.74. The Balaban J connectivity index is 1.44. The van der Waals surface area contributed by atoms with E-state index in [0.717, 1.165) is 45.2 Å². The van der Waals surface area contributed by atoms with Crippen LogP contribution >= 0.6 is 0 Å². The molecule has 2 aliphatic heterocycles. The van der Waals surface area contributed by atoms with E-state index in [1.165, 1.54) is 17.7 Å². The minimum atomic E-state index is -0.214. The van der Waals surface area contributed by atoms with Crippen molar-refractivity contribution in [3.63, 3.8) is 0 Å². The molecule has 6 nitrogen and oxygen atoms in total. The van der Waals surface area contributed by atoms with E-state index in [2.05, 4.69) is 10.6 Å². The topological polar surface area (TPSA) is 78.5 Å². The van der Waals surface area contributed by atoms with E-state index in [1.54, 1.807) is 0 Å². The Hall–Kier alpha value is -1.43. The summed E-state index contributed by atoms with van der Waals surface area (Å²) >= 11 is 0. The minimum absolute atomic E-state index is 0.104. The van der Waals surface area contributed by atoms with Gasteiger partial charge in [-0.1, -0.05) is 12.8 Å². The first-order chi connectivity index (χ1) is 11.2. The van der Waals surface area contributed by atoms with Crippen molar-refractivity contribution in [2.45, 2.75) is 44.9 Å². The van der Waals surface area contributed by atoms with Crippen molar-refractivity contribution in [3.05, 3.63) is 0 Å². The van der Waals surface area contributed by atoms with Crippen molar-refractivity contribution in [1.82, 2.24) is 15.5 Å². The molecule has 3 fully saturated rings. The zero-order valence-corrected chi connectivity index (χ0v) is 13.7. The standard InChI is InChI=1S/C17H27N3O3/c21-15(19-9-7-12-4-3-8-18-10-12)11-20-16(22)13-5-1-2-6-14(13)17(20)23/h12-14,18H,1-11H2,(H,19,21). The second kappa shape index (κ2) is 7.43. The average Bonchev–Trinajstić information content (AvgIpc) is 2.81. The third-order valence-corrected chi connectivity index (χ3v) is 5.51. The number of nitrogens with one attached hydrogen (secondary N) is 2. The van der Waals surface area contributed by atoms with Gasteiger partial charge in [0.1, 0.15) is 6.54 Å². The van der Waals surface area contributed by atoms with Crippen LogP contribution in [0, 0.1) is 17.8 Å². The zero-order valence-electron chi connectivity index (χ0n) is 13.7. The van der Waals surface area contributed by atoms with E-state index in [4.69, 9.17) is 0 Å². The fraction of sp³-hybridized carbons (Fsp3) is 0.824. The molecule has 0 aromatic carbocycles. The van der Waals surface area contributed by atoms with Crippen LogP contribution in [0.3, 0.4) is 0 Å². The van der Waals surface area contributed by atoms with Crippen molar-refractivity contribution in [2.75, 3.05) is 26.2 Å². The highest BCUT2D eigenvalue weighted by Crippen LogP contribution is 2.37. The first-order valence-electron chi connectivity index (χ1n) is 8.99. The fourth-order valence-corrected chi connectivity index (χ4v) is 4.17. The van der Waals surface area contributed by atoms with Gasteiger partial charge in [-0.15, -0.1) is 0 Å². The van der Waals surface area contributed by atoms with Gasteiger partial charge in [-0.25, -0.2) is 0 Å². The highest BCUT2D eigenvalue weighted by molar-refractivity contribution is 6.07. The minimum Gasteiger partial charge on any atom is -0.355 e. The lowest BCUT2D eigenvalue weighted by molar-refractivity contribution is -0.143. The Kier molecular flexibility index (Phi) is 5.30. The Morgan fingerprint density at radius 3 is 2.39 bits per heavy atom. The zero-order chi connectivity index (χ0) is 16.2. The van der Waals surface area contributed by atoms with Crippen LogP contribution in [0.25, 0.3) is 0 Å². The molecule has 3 rings (SSSR count). The summed E-state index contributed by atoms with van der Waals surface area (Å²) in [6.07, 6.45) is 6.95. The van der Waals surface area contributed by atoms with Crippen LogP contribution in [0.2, 0.25) is 0 Å². The molecule has 3 amide bonds. The van der Waals surface area contributed by atoms with Crippen LogP contribution in [0.15, 0.2) is 0 Å². The van der Waals surface area contributed by atoms with E-state index in [1.807, 2.05) is 0 Å². The van der Waals surface area contributed by atoms with Crippen molar-refractivity contribution in [2.24, 2.45) is 17.8 Å². The lowest BCUT2D eigenvalue weighted by Gasteiger charge is -2.22. The molecule has 6 heteroatoms. The van der Waals surface area contributed by atoms with Gasteiger partial charge in [0.2, 0.25) is 17.7 Å². The van der Waals surface area contributed by atoms with Crippen LogP contribution in [0.5, 0.6) is 0 Å². The number of likely N-dealkylation sites (tertiary alicyclic amines) is 1. The summed E-state index contributed by atoms with van der Waals surface area (Å²) in [5.41, 5.74) is 0. The quantitative estimate of drug-likeness (QED) is 0.730. The van der Waals surface area contributed by atoms with Gasteiger partial charge in [-0.2, -0.15) is 0 Å². The molecule has 0 aromatic heterocycles. The molecule has 3 aliphatic rings. The van der Waals surface area contributed by atoms with Crippen molar-refractivity contribution in [3.8, 4) is 0 Å². The molecule has 3 unspecified atom stereocenters. The van der Waals surface area contributed by atoms with Crippen LogP contribution in [-0.4, -0.2) is 48.8 Å². The number of carbonyl (C=O) groups excluding carboxylic acids is 3. The summed E-state index contributed by atoms with van der Waals surface area (Å²) in [6, 6.07) is 0. The van der Waals surface area contributed by atoms with Gasteiger partial charge in [0.05, 0.1) is 11.8 Å². The van der Waals surface area contributed by atoms with Crippen molar-refractivity contribution >= 4 is 17.7 Å². The summed E-state index contributed by atoms with van der Waals surface area (Å²) in [7, 11) is 0. The second-order valence-corrected chi connectivity index (χ2v) is 7.11. The molecule has 128 valence electrons. The van der Waals surface area contributed by atoms with Gasteiger partial charge >= 0.3 is 0 Å². The average molecular weight is 321 g/mol. The number of carbonyl (C=O) groups is 3. The number of nitrogens with zero attached hydrogens (tertiary/aromatic N) is 1. The highest BCUT2D eigenvalue weighted by atomic mass is 16.2. The lowest BCUT2D eigenvalue weighted by Crippen LogP contribution is -2.42. The van der Waals surface area contributed by atoms with Crippen LogP contribution in [0.4, 0.5) is 0 Å². The van der Waals surface area contributed by atoms with Crippen molar-refractivity contribution < 1.29 is 14.4 Å². The number of amides is 3. The van der Waals surface area contributed by atoms with Crippen LogP contribution < -0.4 is 10.6 Å². The molecule has 2 N–H and O–H groups in total. The maximum Gasteiger partial charge on any atom is 0.240 e. The van der Waals surface area contributed by atoms with E-state index in [9.17, 15) is 14.4 Å². The number of piperidine rings is 1. The summed E-state index contributed by atoms with van der Waals surface area (Å²) < 4.78 is 0. The molecule has 2 heterocycles. The van der Waals surface area contributed by atoms with Gasteiger partial charge in [0.25, 0.3) is 0 Å². The largest absolute Gasteiger partial charge is 0.355 e. The molecule has 0 aromatic rings. The summed E-state index contributed by atoms with van der Waals surface area (Å²) in [4.78, 5) is 37.9. The van der Waals surface area contributed by atoms with E-state index in [-0.39, 0.29) is 36.1 Å². The van der Waals surface area contributed by atoms with E-state index < -0.39 is 0 Å². The van der Waals surface area contributed by atoms with Gasteiger partial charge < -0.3 is 10.6 Å². The predicted molar refractivity (Wildman–Crippen MR) is 85.4 cm³/mol. The SMILES string of the molecule is O=C(CN1C(=O)C2CCCCC2C1=O)NCCC1CCCNC1. The maximum atomic E-state index is 12.3. The molecule has 23 heavy (non-hydrogen) atoms. The van der Waals surface area contributed by atoms with Crippen LogP contribution in [-0.2, 0) is 14.4 Å². The fourth-order valence-electron chi connectivity index (χ4n) is 4.17. The second-order valence-electron chi connectivity index (χ2n) is 7.11. The molecule has 0 bridgehead atoms. The summed E-state index contributed by atoms with van der Waals surface area (Å²) in [5.74, 6) is -0.205. The van der Waals surface area contributed by atoms with Gasteiger partial charge in [0, 0.05) is 6.54 Å². The van der Waals surface area contributed by atoms with Crippen LogP contribution in [0.1, 0.15) is 44.9 Å². The van der Waals surface area contributed by atoms with E-state index in [0.29, 0.717) is 12.5 Å². The molecule has 1 saturated carbocycles. The Morgan fingerprint density at radius 1 is 1.09 bits per heavy atom. The normalized spacial score (nSPS) is 31.1. The third-order valence-electron chi connectivity index (χ3n) is 5.51. The Morgan fingerprint density at radius 2 is 1.78 bits per heavy atom. The Bertz CT molecular complexity index is 450. The number of imide groups is 1. The highest BCUT2D eigenvalue weighted by Gasteiger charge is 2.48. The molecule has 1 aliphatic carbocycles. The van der Waals surface area contributed by atoms with Gasteiger partial charge in [0.15, 0.2) is 0 Å². The monoisotopic (exact) mass is 321 g/mol. The van der Waals surface area contributed by atoms with Gasteiger partial charge in [-0.3, -0.25) is 19.3 Å². The van der Waals surface area contributed by atoms with E-state index >= 15 is 0 Å². The number of rotatable bonds is 5. The first kappa shape index (κ1) is 16.4.